The average Bonchev–Trinajstić information content (AvgIpc) is 2.83. The van der Waals surface area contributed by atoms with E-state index in [-0.39, 0.29) is 0 Å². The third-order valence-corrected chi connectivity index (χ3v) is 4.03. The van der Waals surface area contributed by atoms with E-state index in [1.54, 1.807) is 0 Å². The van der Waals surface area contributed by atoms with Crippen LogP contribution in [-0.4, -0.2) is 4.98 Å². The molecule has 1 atom stereocenters. The van der Waals surface area contributed by atoms with Crippen LogP contribution in [0.2, 0.25) is 0 Å². The molecule has 0 bridgehead atoms. The second-order valence-corrected chi connectivity index (χ2v) is 4.81. The number of nitrogens with two attached hydrogens (primary N) is 1. The van der Waals surface area contributed by atoms with Gasteiger partial charge in [-0.15, -0.1) is 0 Å². The Bertz CT molecular complexity index is 409. The van der Waals surface area contributed by atoms with Crippen LogP contribution in [0.3, 0.4) is 0 Å². The summed E-state index contributed by atoms with van der Waals surface area (Å²) < 4.78 is 0. The molecule has 0 radical (unpaired) electrons. The van der Waals surface area contributed by atoms with Crippen molar-refractivity contribution in [2.45, 2.75) is 51.4 Å². The molecule has 2 nitrogen and oxygen atoms in total. The van der Waals surface area contributed by atoms with E-state index in [1.807, 2.05) is 0 Å². The summed E-state index contributed by atoms with van der Waals surface area (Å²) in [6.07, 6.45) is 7.15. The first-order valence-electron chi connectivity index (χ1n) is 6.11. The van der Waals surface area contributed by atoms with Crippen LogP contribution in [-0.2, 0) is 19.3 Å². The van der Waals surface area contributed by atoms with Crippen LogP contribution >= 0.6 is 0 Å². The minimum Gasteiger partial charge on any atom is -0.398 e. The number of hydrogen-bond donors (Lipinski definition) is 1. The maximum atomic E-state index is 6.26. The first-order valence-corrected chi connectivity index (χ1v) is 6.11. The van der Waals surface area contributed by atoms with Crippen LogP contribution in [0.5, 0.6) is 0 Å². The topological polar surface area (TPSA) is 38.9 Å². The van der Waals surface area contributed by atoms with Crippen LogP contribution in [0.1, 0.15) is 54.6 Å². The van der Waals surface area contributed by atoms with E-state index in [9.17, 15) is 0 Å². The van der Waals surface area contributed by atoms with Crippen molar-refractivity contribution in [3.63, 3.8) is 0 Å². The highest BCUT2D eigenvalue weighted by Crippen LogP contribution is 2.40. The molecule has 15 heavy (non-hydrogen) atoms. The molecule has 3 rings (SSSR count). The fourth-order valence-electron chi connectivity index (χ4n) is 3.13. The minimum atomic E-state index is 0.674. The van der Waals surface area contributed by atoms with Crippen LogP contribution in [0.25, 0.3) is 0 Å². The van der Waals surface area contributed by atoms with Crippen molar-refractivity contribution in [3.8, 4) is 0 Å². The summed E-state index contributed by atoms with van der Waals surface area (Å²) in [6, 6.07) is 0. The Labute approximate surface area is 90.9 Å². The maximum Gasteiger partial charge on any atom is 0.0490 e. The second-order valence-electron chi connectivity index (χ2n) is 4.81. The smallest absolute Gasteiger partial charge is 0.0490 e. The number of aryl methyl sites for hydroxylation is 1. The van der Waals surface area contributed by atoms with Gasteiger partial charge in [-0.05, 0) is 49.7 Å². The molecular weight excluding hydrogens is 184 g/mol. The van der Waals surface area contributed by atoms with E-state index in [2.05, 4.69) is 6.92 Å². The lowest BCUT2D eigenvalue weighted by atomic mass is 10.0. The standard InChI is InChI=1S/C13H18N2/c1-2-8-6-7-10-12(14)9-4-3-5-11(9)15-13(8)10/h8H,2-7H2,1H3,(H2,14,15). The van der Waals surface area contributed by atoms with E-state index in [0.29, 0.717) is 5.92 Å². The average molecular weight is 202 g/mol. The lowest BCUT2D eigenvalue weighted by Crippen LogP contribution is -2.04. The molecule has 0 aromatic carbocycles. The summed E-state index contributed by atoms with van der Waals surface area (Å²) in [7, 11) is 0. The van der Waals surface area contributed by atoms with Crippen LogP contribution in [0.15, 0.2) is 0 Å². The number of fused-ring (bicyclic) bond motifs is 2. The van der Waals surface area contributed by atoms with Gasteiger partial charge in [0.2, 0.25) is 0 Å². The number of nitrogens with zero attached hydrogens (tertiary/aromatic N) is 1. The zero-order chi connectivity index (χ0) is 10.4. The van der Waals surface area contributed by atoms with Gasteiger partial charge in [-0.3, -0.25) is 4.98 Å². The largest absolute Gasteiger partial charge is 0.398 e. The molecule has 1 aromatic rings. The van der Waals surface area contributed by atoms with Crippen molar-refractivity contribution in [1.29, 1.82) is 0 Å². The molecule has 2 heteroatoms. The van der Waals surface area contributed by atoms with Gasteiger partial charge in [-0.25, -0.2) is 0 Å². The number of anilines is 1. The first-order chi connectivity index (χ1) is 7.31. The molecule has 80 valence electrons. The summed E-state index contributed by atoms with van der Waals surface area (Å²) in [4.78, 5) is 4.87. The summed E-state index contributed by atoms with van der Waals surface area (Å²) in [5.74, 6) is 0.674. The Balaban J connectivity index is 2.17. The molecule has 0 spiro atoms. The van der Waals surface area contributed by atoms with Gasteiger partial charge < -0.3 is 5.73 Å². The SMILES string of the molecule is CCC1CCc2c1nc1c(c2N)CCC1. The van der Waals surface area contributed by atoms with Crippen molar-refractivity contribution in [1.82, 2.24) is 4.98 Å². The van der Waals surface area contributed by atoms with Crippen molar-refractivity contribution in [2.24, 2.45) is 0 Å². The Morgan fingerprint density at radius 3 is 2.93 bits per heavy atom. The lowest BCUT2D eigenvalue weighted by Gasteiger charge is -2.12. The van der Waals surface area contributed by atoms with E-state index < -0.39 is 0 Å². The highest BCUT2D eigenvalue weighted by Gasteiger charge is 2.28. The highest BCUT2D eigenvalue weighted by atomic mass is 14.8. The molecule has 1 heterocycles. The highest BCUT2D eigenvalue weighted by molar-refractivity contribution is 5.60. The molecule has 1 unspecified atom stereocenters. The summed E-state index contributed by atoms with van der Waals surface area (Å²) >= 11 is 0. The molecule has 0 saturated carbocycles. The second kappa shape index (κ2) is 3.22. The summed E-state index contributed by atoms with van der Waals surface area (Å²) in [5.41, 5.74) is 12.7. The van der Waals surface area contributed by atoms with Gasteiger partial charge in [0.1, 0.15) is 0 Å². The third kappa shape index (κ3) is 1.20. The van der Waals surface area contributed by atoms with Gasteiger partial charge in [0.25, 0.3) is 0 Å². The van der Waals surface area contributed by atoms with Gasteiger partial charge in [0.15, 0.2) is 0 Å². The lowest BCUT2D eigenvalue weighted by molar-refractivity contribution is 0.640. The zero-order valence-corrected chi connectivity index (χ0v) is 9.34. The zero-order valence-electron chi connectivity index (χ0n) is 9.34. The van der Waals surface area contributed by atoms with E-state index in [0.717, 1.165) is 24.9 Å². The minimum absolute atomic E-state index is 0.674. The number of hydrogen-bond acceptors (Lipinski definition) is 2. The molecular formula is C13H18N2. The first kappa shape index (κ1) is 9.20. The van der Waals surface area contributed by atoms with Crippen LogP contribution < -0.4 is 5.73 Å². The van der Waals surface area contributed by atoms with Crippen LogP contribution in [0.4, 0.5) is 5.69 Å². The molecule has 0 aliphatic heterocycles. The van der Waals surface area contributed by atoms with Gasteiger partial charge in [-0.2, -0.15) is 0 Å². The molecule has 1 aromatic heterocycles. The van der Waals surface area contributed by atoms with Gasteiger partial charge in [-0.1, -0.05) is 6.92 Å². The summed E-state index contributed by atoms with van der Waals surface area (Å²) in [6.45, 7) is 2.25. The fourth-order valence-corrected chi connectivity index (χ4v) is 3.13. The molecule has 2 aliphatic rings. The maximum absolute atomic E-state index is 6.26. The molecule has 0 saturated heterocycles. The van der Waals surface area contributed by atoms with Gasteiger partial charge >= 0.3 is 0 Å². The van der Waals surface area contributed by atoms with Crippen LogP contribution in [0, 0.1) is 0 Å². The Hall–Kier alpha value is -1.05. The Kier molecular flexibility index (Phi) is 1.98. The number of rotatable bonds is 1. The third-order valence-electron chi connectivity index (χ3n) is 4.03. The molecule has 0 amide bonds. The van der Waals surface area contributed by atoms with Crippen molar-refractivity contribution in [2.75, 3.05) is 5.73 Å². The normalized spacial score (nSPS) is 22.9. The van der Waals surface area contributed by atoms with Gasteiger partial charge in [0, 0.05) is 23.0 Å². The number of nitrogen functional groups attached to an aromatic ring is 1. The molecule has 2 aliphatic carbocycles. The molecule has 2 N–H and O–H groups in total. The van der Waals surface area contributed by atoms with E-state index in [1.165, 1.54) is 41.8 Å². The predicted octanol–water partition coefficient (Wildman–Crippen LogP) is 2.59. The van der Waals surface area contributed by atoms with Crippen molar-refractivity contribution in [3.05, 3.63) is 22.5 Å². The Morgan fingerprint density at radius 2 is 2.13 bits per heavy atom. The molecule has 0 fully saturated rings. The summed E-state index contributed by atoms with van der Waals surface area (Å²) in [5, 5.41) is 0. The number of aromatic nitrogens is 1. The van der Waals surface area contributed by atoms with Crippen molar-refractivity contribution < 1.29 is 0 Å². The fraction of sp³-hybridized carbons (Fsp3) is 0.615. The predicted molar refractivity (Wildman–Crippen MR) is 62.0 cm³/mol. The van der Waals surface area contributed by atoms with E-state index >= 15 is 0 Å². The number of pyridine rings is 1. The quantitative estimate of drug-likeness (QED) is 0.760. The van der Waals surface area contributed by atoms with Crippen molar-refractivity contribution >= 4 is 5.69 Å². The Morgan fingerprint density at radius 1 is 1.27 bits per heavy atom. The monoisotopic (exact) mass is 202 g/mol. The van der Waals surface area contributed by atoms with E-state index in [4.69, 9.17) is 10.7 Å². The van der Waals surface area contributed by atoms with Gasteiger partial charge in [0.05, 0.1) is 0 Å².